The molecule has 0 bridgehead atoms. The minimum Gasteiger partial charge on any atom is -0.464 e. The molecule has 0 unspecified atom stereocenters. The van der Waals surface area contributed by atoms with Gasteiger partial charge in [-0.3, -0.25) is 9.69 Å². The van der Waals surface area contributed by atoms with Crippen molar-refractivity contribution < 1.29 is 18.3 Å². The second kappa shape index (κ2) is 11.4. The smallest absolute Gasteiger partial charge is 0.278 e. The van der Waals surface area contributed by atoms with E-state index in [0.29, 0.717) is 22.6 Å². The highest BCUT2D eigenvalue weighted by molar-refractivity contribution is 7.13. The summed E-state index contributed by atoms with van der Waals surface area (Å²) >= 11 is 1.40. The number of aromatic nitrogens is 1. The number of thiazole rings is 1. The van der Waals surface area contributed by atoms with Crippen molar-refractivity contribution in [2.75, 3.05) is 31.6 Å². The Balaban J connectivity index is 1.05. The third-order valence-electron chi connectivity index (χ3n) is 7.42. The van der Waals surface area contributed by atoms with Crippen LogP contribution in [0, 0.1) is 11.8 Å². The van der Waals surface area contributed by atoms with Crippen molar-refractivity contribution >= 4 is 35.2 Å². The molecule has 1 aromatic carbocycles. The molecule has 2 aromatic rings. The number of nitrogens with one attached hydrogen (secondary N) is 1. The van der Waals surface area contributed by atoms with Crippen LogP contribution in [0.15, 0.2) is 29.3 Å². The van der Waals surface area contributed by atoms with Crippen LogP contribution in [-0.2, 0) is 13.0 Å². The molecule has 198 valence electrons. The van der Waals surface area contributed by atoms with Crippen LogP contribution in [0.5, 0.6) is 5.19 Å². The van der Waals surface area contributed by atoms with Gasteiger partial charge in [0.15, 0.2) is 6.61 Å². The van der Waals surface area contributed by atoms with E-state index in [2.05, 4.69) is 20.2 Å². The zero-order valence-corrected chi connectivity index (χ0v) is 22.0. The first kappa shape index (κ1) is 26.0. The summed E-state index contributed by atoms with van der Waals surface area (Å²) in [7, 11) is 0. The highest BCUT2D eigenvalue weighted by atomic mass is 32.1. The lowest BCUT2D eigenvalue weighted by Gasteiger charge is -2.30. The molecule has 1 N–H and O–H groups in total. The average molecular weight is 529 g/mol. The van der Waals surface area contributed by atoms with Gasteiger partial charge in [-0.15, -0.1) is 0 Å². The number of alkyl halides is 2. The van der Waals surface area contributed by atoms with Gasteiger partial charge in [-0.1, -0.05) is 29.6 Å². The summed E-state index contributed by atoms with van der Waals surface area (Å²) < 4.78 is 31.4. The van der Waals surface area contributed by atoms with Gasteiger partial charge in [0.05, 0.1) is 11.3 Å². The van der Waals surface area contributed by atoms with Crippen LogP contribution >= 0.6 is 11.3 Å². The fourth-order valence-corrected chi connectivity index (χ4v) is 6.24. The molecule has 6 nitrogen and oxygen atoms in total. The molecule has 1 aliphatic carbocycles. The number of benzene rings is 1. The van der Waals surface area contributed by atoms with Gasteiger partial charge in [0.2, 0.25) is 0 Å². The number of hydrogen-bond acceptors (Lipinski definition) is 6. The predicted octanol–water partition coefficient (Wildman–Crippen LogP) is 6.08. The fraction of sp³-hybridized carbons (Fsp3) is 0.536. The molecule has 2 aliphatic heterocycles. The Labute approximate surface area is 220 Å². The standard InChI is InChI=1S/C28H34F2N4O2S/c1-28(29,30)18-36-27-33-24-17-34(15-12-25(24)37-27)14-11-19-7-9-20(10-8-19)16-32-26(35)22-4-2-6-23-21(22)5-3-13-31-23/h2-6,16,19-20,31H,7-15,17-18H2,1H3. The molecular formula is C28H34F2N4O2S. The lowest BCUT2D eigenvalue weighted by Crippen LogP contribution is -2.32. The molecule has 0 radical (unpaired) electrons. The number of nitrogens with zero attached hydrogens (tertiary/aromatic N) is 3. The second-order valence-electron chi connectivity index (χ2n) is 10.4. The molecule has 9 heteroatoms. The van der Waals surface area contributed by atoms with Gasteiger partial charge >= 0.3 is 0 Å². The molecule has 1 amide bonds. The normalized spacial score (nSPS) is 21.9. The molecule has 3 heterocycles. The van der Waals surface area contributed by atoms with Crippen LogP contribution in [0.4, 0.5) is 14.5 Å². The van der Waals surface area contributed by atoms with Crippen LogP contribution < -0.4 is 10.1 Å². The number of ether oxygens (including phenoxy) is 1. The molecule has 0 atom stereocenters. The van der Waals surface area contributed by atoms with Gasteiger partial charge in [0.25, 0.3) is 17.0 Å². The average Bonchev–Trinajstić information content (AvgIpc) is 3.32. The molecular weight excluding hydrogens is 494 g/mol. The Kier molecular flexibility index (Phi) is 8.00. The summed E-state index contributed by atoms with van der Waals surface area (Å²) in [5.41, 5.74) is 3.53. The number of fused-ring (bicyclic) bond motifs is 2. The van der Waals surface area contributed by atoms with Crippen molar-refractivity contribution in [3.8, 4) is 5.19 Å². The summed E-state index contributed by atoms with van der Waals surface area (Å²) in [4.78, 5) is 25.1. The minimum atomic E-state index is -2.85. The fourth-order valence-electron chi connectivity index (χ4n) is 5.33. The Morgan fingerprint density at radius 1 is 1.32 bits per heavy atom. The number of rotatable bonds is 8. The maximum absolute atomic E-state index is 13.1. The summed E-state index contributed by atoms with van der Waals surface area (Å²) in [6.45, 7) is 3.75. The first-order chi connectivity index (χ1) is 17.8. The number of halogens is 2. The number of anilines is 1. The van der Waals surface area contributed by atoms with Gasteiger partial charge in [-0.2, -0.15) is 0 Å². The van der Waals surface area contributed by atoms with Crippen molar-refractivity contribution in [3.63, 3.8) is 0 Å². The first-order valence-electron chi connectivity index (χ1n) is 13.2. The van der Waals surface area contributed by atoms with Crippen molar-refractivity contribution in [1.82, 2.24) is 9.88 Å². The van der Waals surface area contributed by atoms with Crippen molar-refractivity contribution in [2.24, 2.45) is 16.8 Å². The van der Waals surface area contributed by atoms with Crippen molar-refractivity contribution in [2.45, 2.75) is 57.9 Å². The second-order valence-corrected chi connectivity index (χ2v) is 11.5. The zero-order chi connectivity index (χ0) is 25.8. The van der Waals surface area contributed by atoms with E-state index in [1.54, 1.807) is 0 Å². The quantitative estimate of drug-likeness (QED) is 0.421. The highest BCUT2D eigenvalue weighted by Gasteiger charge is 2.26. The van der Waals surface area contributed by atoms with E-state index < -0.39 is 12.5 Å². The van der Waals surface area contributed by atoms with Crippen LogP contribution in [0.1, 0.15) is 65.5 Å². The van der Waals surface area contributed by atoms with Crippen molar-refractivity contribution in [1.29, 1.82) is 0 Å². The summed E-state index contributed by atoms with van der Waals surface area (Å²) in [5, 5.41) is 3.65. The van der Waals surface area contributed by atoms with Crippen LogP contribution in [-0.4, -0.2) is 54.2 Å². The number of hydrogen-bond donors (Lipinski definition) is 1. The zero-order valence-electron chi connectivity index (χ0n) is 21.2. The van der Waals surface area contributed by atoms with Gasteiger partial charge in [-0.25, -0.2) is 18.8 Å². The summed E-state index contributed by atoms with van der Waals surface area (Å²) in [6.07, 6.45) is 12.4. The highest BCUT2D eigenvalue weighted by Crippen LogP contribution is 2.33. The van der Waals surface area contributed by atoms with E-state index in [9.17, 15) is 13.6 Å². The Morgan fingerprint density at radius 3 is 2.97 bits per heavy atom. The minimum absolute atomic E-state index is 0.171. The molecule has 37 heavy (non-hydrogen) atoms. The van der Waals surface area contributed by atoms with E-state index in [1.165, 1.54) is 11.3 Å². The van der Waals surface area contributed by atoms with Gasteiger partial charge in [0, 0.05) is 48.9 Å². The summed E-state index contributed by atoms with van der Waals surface area (Å²) in [5.74, 6) is -1.99. The topological polar surface area (TPSA) is 66.8 Å². The van der Waals surface area contributed by atoms with Crippen LogP contribution in [0.3, 0.4) is 0 Å². The van der Waals surface area contributed by atoms with Crippen LogP contribution in [0.25, 0.3) is 6.08 Å². The number of carbonyl (C=O) groups excluding carboxylic acids is 1. The summed E-state index contributed by atoms with van der Waals surface area (Å²) in [6, 6.07) is 5.74. The number of amides is 1. The maximum Gasteiger partial charge on any atom is 0.278 e. The third kappa shape index (κ3) is 6.82. The lowest BCUT2D eigenvalue weighted by atomic mass is 9.81. The van der Waals surface area contributed by atoms with Gasteiger partial charge in [-0.05, 0) is 69.0 Å². The first-order valence-corrected chi connectivity index (χ1v) is 14.0. The maximum atomic E-state index is 13.1. The number of aliphatic imine (C=N–C) groups is 1. The van der Waals surface area contributed by atoms with Crippen molar-refractivity contribution in [3.05, 3.63) is 46.0 Å². The Hall–Kier alpha value is -2.65. The third-order valence-corrected chi connectivity index (χ3v) is 8.49. The Morgan fingerprint density at radius 2 is 2.16 bits per heavy atom. The van der Waals surface area contributed by atoms with E-state index in [1.807, 2.05) is 36.6 Å². The van der Waals surface area contributed by atoms with Gasteiger partial charge in [0.1, 0.15) is 0 Å². The molecule has 1 aromatic heterocycles. The lowest BCUT2D eigenvalue weighted by molar-refractivity contribution is -0.0230. The molecule has 1 fully saturated rings. The van der Waals surface area contributed by atoms with Crippen LogP contribution in [0.2, 0.25) is 0 Å². The predicted molar refractivity (Wildman–Crippen MR) is 144 cm³/mol. The SMILES string of the molecule is CC(F)(F)COc1nc2c(s1)CCN(CCC1CCC(C=NC(=O)c3cccc4c3C=CCN4)CC1)C2. The van der Waals surface area contributed by atoms with E-state index in [-0.39, 0.29) is 5.91 Å². The Bertz CT molecular complexity index is 1170. The number of carbonyl (C=O) groups is 1. The molecule has 0 saturated heterocycles. The largest absolute Gasteiger partial charge is 0.464 e. The van der Waals surface area contributed by atoms with E-state index in [4.69, 9.17) is 4.74 Å². The monoisotopic (exact) mass is 528 g/mol. The molecule has 5 rings (SSSR count). The molecule has 0 spiro atoms. The van der Waals surface area contributed by atoms with E-state index in [0.717, 1.165) is 93.4 Å². The van der Waals surface area contributed by atoms with E-state index >= 15 is 0 Å². The molecule has 3 aliphatic rings. The molecule has 1 saturated carbocycles. The van der Waals surface area contributed by atoms with Gasteiger partial charge < -0.3 is 10.1 Å².